The maximum atomic E-state index is 11.8. The highest BCUT2D eigenvalue weighted by atomic mass is 32.2. The zero-order valence-corrected chi connectivity index (χ0v) is 18.9. The molecule has 0 aliphatic rings. The Kier molecular flexibility index (Phi) is 5.71. The smallest absolute Gasteiger partial charge is 0.203 e. The molecule has 32 heavy (non-hydrogen) atoms. The lowest BCUT2D eigenvalue weighted by atomic mass is 10.0. The molecule has 0 aliphatic carbocycles. The summed E-state index contributed by atoms with van der Waals surface area (Å²) >= 11 is 0. The van der Waals surface area contributed by atoms with Crippen LogP contribution in [0.2, 0.25) is 0 Å². The summed E-state index contributed by atoms with van der Waals surface area (Å²) in [7, 11) is 1.41. The minimum absolute atomic E-state index is 0.269. The summed E-state index contributed by atoms with van der Waals surface area (Å²) in [6.45, 7) is 0. The molecule has 4 rings (SSSR count). The van der Waals surface area contributed by atoms with Gasteiger partial charge in [0.05, 0.1) is 49.1 Å². The van der Waals surface area contributed by atoms with Crippen molar-refractivity contribution >= 4 is 20.9 Å². The Balaban J connectivity index is 1.87. The van der Waals surface area contributed by atoms with Crippen LogP contribution in [0, 0.1) is 0 Å². The standard InChI is InChI=1S/C24H22N2O5S/c1-29-21-12-16(13-22(30-2)24(21)31-3)20-14-25-19-7-5-6-18(23(19)26-20)15-8-10-17(11-9-15)32(4,27)28/h5-14H,1-4H3. The molecule has 7 nitrogen and oxygen atoms in total. The second kappa shape index (κ2) is 8.47. The monoisotopic (exact) mass is 450 g/mol. The number of benzene rings is 3. The molecule has 164 valence electrons. The first-order chi connectivity index (χ1) is 15.4. The van der Waals surface area contributed by atoms with E-state index in [9.17, 15) is 8.42 Å². The molecule has 0 amide bonds. The fraction of sp³-hybridized carbons (Fsp3) is 0.167. The predicted molar refractivity (Wildman–Crippen MR) is 123 cm³/mol. The van der Waals surface area contributed by atoms with E-state index >= 15 is 0 Å². The van der Waals surface area contributed by atoms with E-state index in [-0.39, 0.29) is 4.90 Å². The highest BCUT2D eigenvalue weighted by Crippen LogP contribution is 2.41. The first-order valence-electron chi connectivity index (χ1n) is 9.72. The van der Waals surface area contributed by atoms with Gasteiger partial charge in [0.1, 0.15) is 0 Å². The lowest BCUT2D eigenvalue weighted by molar-refractivity contribution is 0.324. The highest BCUT2D eigenvalue weighted by molar-refractivity contribution is 7.90. The molecular formula is C24H22N2O5S. The third kappa shape index (κ3) is 3.97. The van der Waals surface area contributed by atoms with Crippen molar-refractivity contribution in [1.82, 2.24) is 9.97 Å². The molecule has 0 aliphatic heterocycles. The molecule has 0 bridgehead atoms. The summed E-state index contributed by atoms with van der Waals surface area (Å²) in [6.07, 6.45) is 2.88. The summed E-state index contributed by atoms with van der Waals surface area (Å²) in [6, 6.07) is 16.1. The molecular weight excluding hydrogens is 428 g/mol. The molecule has 3 aromatic carbocycles. The van der Waals surface area contributed by atoms with Crippen molar-refractivity contribution in [1.29, 1.82) is 0 Å². The van der Waals surface area contributed by atoms with Crippen LogP contribution in [0.4, 0.5) is 0 Å². The molecule has 0 radical (unpaired) electrons. The summed E-state index contributed by atoms with van der Waals surface area (Å²) < 4.78 is 39.9. The molecule has 1 heterocycles. The van der Waals surface area contributed by atoms with E-state index < -0.39 is 9.84 Å². The van der Waals surface area contributed by atoms with Crippen LogP contribution in [0.25, 0.3) is 33.4 Å². The number of para-hydroxylation sites is 1. The van der Waals surface area contributed by atoms with E-state index in [1.54, 1.807) is 51.8 Å². The van der Waals surface area contributed by atoms with E-state index in [4.69, 9.17) is 19.2 Å². The second-order valence-electron chi connectivity index (χ2n) is 7.14. The van der Waals surface area contributed by atoms with Gasteiger partial charge in [-0.1, -0.05) is 24.3 Å². The van der Waals surface area contributed by atoms with Gasteiger partial charge >= 0.3 is 0 Å². The molecule has 1 aromatic heterocycles. The fourth-order valence-electron chi connectivity index (χ4n) is 3.52. The lowest BCUT2D eigenvalue weighted by Crippen LogP contribution is -1.97. The van der Waals surface area contributed by atoms with Gasteiger partial charge in [-0.25, -0.2) is 13.4 Å². The zero-order valence-electron chi connectivity index (χ0n) is 18.1. The van der Waals surface area contributed by atoms with Crippen molar-refractivity contribution in [2.75, 3.05) is 27.6 Å². The van der Waals surface area contributed by atoms with Crippen LogP contribution in [0.5, 0.6) is 17.2 Å². The average molecular weight is 451 g/mol. The number of hydrogen-bond acceptors (Lipinski definition) is 7. The van der Waals surface area contributed by atoms with Crippen LogP contribution in [-0.4, -0.2) is 46.0 Å². The Labute approximate surface area is 186 Å². The normalized spacial score (nSPS) is 11.4. The highest BCUT2D eigenvalue weighted by Gasteiger charge is 2.16. The van der Waals surface area contributed by atoms with E-state index in [0.29, 0.717) is 28.5 Å². The van der Waals surface area contributed by atoms with Gasteiger partial charge in [-0.05, 0) is 35.9 Å². The Morgan fingerprint density at radius 1 is 0.812 bits per heavy atom. The summed E-state index contributed by atoms with van der Waals surface area (Å²) in [5.41, 5.74) is 4.52. The first-order valence-corrected chi connectivity index (χ1v) is 11.6. The van der Waals surface area contributed by atoms with Crippen LogP contribution < -0.4 is 14.2 Å². The van der Waals surface area contributed by atoms with E-state index in [0.717, 1.165) is 22.2 Å². The Morgan fingerprint density at radius 3 is 2.03 bits per heavy atom. The summed E-state index contributed by atoms with van der Waals surface area (Å²) in [5, 5.41) is 0. The van der Waals surface area contributed by atoms with Crippen molar-refractivity contribution in [2.24, 2.45) is 0 Å². The van der Waals surface area contributed by atoms with Crippen molar-refractivity contribution in [3.05, 3.63) is 60.8 Å². The van der Waals surface area contributed by atoms with Gasteiger partial charge in [-0.2, -0.15) is 0 Å². The maximum absolute atomic E-state index is 11.8. The van der Waals surface area contributed by atoms with Crippen LogP contribution in [0.1, 0.15) is 0 Å². The SMILES string of the molecule is COc1cc(-c2cnc3cccc(-c4ccc(S(C)(=O)=O)cc4)c3n2)cc(OC)c1OC. The van der Waals surface area contributed by atoms with E-state index in [1.807, 2.05) is 30.3 Å². The quantitative estimate of drug-likeness (QED) is 0.430. The molecule has 0 N–H and O–H groups in total. The number of sulfone groups is 1. The number of rotatable bonds is 6. The van der Waals surface area contributed by atoms with Crippen LogP contribution in [0.15, 0.2) is 65.7 Å². The van der Waals surface area contributed by atoms with Gasteiger partial charge in [-0.3, -0.25) is 4.98 Å². The van der Waals surface area contributed by atoms with Crippen LogP contribution in [0.3, 0.4) is 0 Å². The van der Waals surface area contributed by atoms with E-state index in [1.165, 1.54) is 6.26 Å². The van der Waals surface area contributed by atoms with Crippen molar-refractivity contribution < 1.29 is 22.6 Å². The Bertz CT molecular complexity index is 1380. The summed E-state index contributed by atoms with van der Waals surface area (Å²) in [5.74, 6) is 1.54. The minimum atomic E-state index is -3.27. The number of nitrogens with zero attached hydrogens (tertiary/aromatic N) is 2. The zero-order chi connectivity index (χ0) is 22.9. The number of fused-ring (bicyclic) bond motifs is 1. The van der Waals surface area contributed by atoms with Gasteiger partial charge in [0.2, 0.25) is 5.75 Å². The van der Waals surface area contributed by atoms with Crippen LogP contribution >= 0.6 is 0 Å². The van der Waals surface area contributed by atoms with Crippen molar-refractivity contribution in [3.63, 3.8) is 0 Å². The fourth-order valence-corrected chi connectivity index (χ4v) is 4.15. The molecule has 0 saturated heterocycles. The third-order valence-corrected chi connectivity index (χ3v) is 6.26. The number of methoxy groups -OCH3 is 3. The molecule has 4 aromatic rings. The molecule has 8 heteroatoms. The Hall–Kier alpha value is -3.65. The second-order valence-corrected chi connectivity index (χ2v) is 9.15. The molecule has 0 unspecified atom stereocenters. The number of aromatic nitrogens is 2. The lowest BCUT2D eigenvalue weighted by Gasteiger charge is -2.14. The van der Waals surface area contributed by atoms with Crippen molar-refractivity contribution in [3.8, 4) is 39.6 Å². The molecule has 0 atom stereocenters. The van der Waals surface area contributed by atoms with Crippen LogP contribution in [-0.2, 0) is 9.84 Å². The third-order valence-electron chi connectivity index (χ3n) is 5.13. The van der Waals surface area contributed by atoms with Gasteiger partial charge < -0.3 is 14.2 Å². The Morgan fingerprint density at radius 2 is 1.47 bits per heavy atom. The predicted octanol–water partition coefficient (Wildman–Crippen LogP) is 4.39. The molecule has 0 saturated carbocycles. The van der Waals surface area contributed by atoms with Gasteiger partial charge in [0.25, 0.3) is 0 Å². The minimum Gasteiger partial charge on any atom is -0.493 e. The molecule has 0 spiro atoms. The van der Waals surface area contributed by atoms with E-state index in [2.05, 4.69) is 4.98 Å². The van der Waals surface area contributed by atoms with Gasteiger partial charge in [0.15, 0.2) is 21.3 Å². The maximum Gasteiger partial charge on any atom is 0.203 e. The average Bonchev–Trinajstić information content (AvgIpc) is 2.81. The topological polar surface area (TPSA) is 87.6 Å². The number of hydrogen-bond donors (Lipinski definition) is 0. The summed E-state index contributed by atoms with van der Waals surface area (Å²) in [4.78, 5) is 9.72. The molecule has 0 fully saturated rings. The van der Waals surface area contributed by atoms with Gasteiger partial charge in [-0.15, -0.1) is 0 Å². The number of ether oxygens (including phenoxy) is 3. The van der Waals surface area contributed by atoms with Crippen molar-refractivity contribution in [2.45, 2.75) is 4.90 Å². The van der Waals surface area contributed by atoms with Gasteiger partial charge in [0, 0.05) is 17.4 Å². The largest absolute Gasteiger partial charge is 0.493 e. The first kappa shape index (κ1) is 21.6.